The molecule has 1 aromatic carbocycles. The molecule has 2 N–H and O–H groups in total. The lowest BCUT2D eigenvalue weighted by Crippen LogP contribution is -2.49. The number of nitrogens with one attached hydrogen (secondary N) is 2. The number of aliphatic imine (C=N–C) groups is 1. The first kappa shape index (κ1) is 21.6. The minimum atomic E-state index is 0.461. The Morgan fingerprint density at radius 3 is 2.83 bits per heavy atom. The molecular formula is C21H31ClN6O. The zero-order valence-corrected chi connectivity index (χ0v) is 18.2. The van der Waals surface area contributed by atoms with Gasteiger partial charge in [-0.2, -0.15) is 4.98 Å². The maximum atomic E-state index is 6.03. The minimum Gasteiger partial charge on any atom is -0.356 e. The Morgan fingerprint density at radius 1 is 1.34 bits per heavy atom. The van der Waals surface area contributed by atoms with Gasteiger partial charge in [-0.15, -0.1) is 0 Å². The molecule has 29 heavy (non-hydrogen) atoms. The van der Waals surface area contributed by atoms with E-state index in [1.54, 1.807) is 7.05 Å². The van der Waals surface area contributed by atoms with E-state index >= 15 is 0 Å². The van der Waals surface area contributed by atoms with Gasteiger partial charge in [0, 0.05) is 56.3 Å². The summed E-state index contributed by atoms with van der Waals surface area (Å²) in [5.74, 6) is 2.68. The smallest absolute Gasteiger partial charge is 0.228 e. The van der Waals surface area contributed by atoms with Crippen LogP contribution in [0.4, 0.5) is 0 Å². The molecular weight excluding hydrogens is 388 g/mol. The standard InChI is InChI=1S/C21H31ClN6O/c1-15(2)14-28-11-8-18(9-12-28)25-21(23-3)24-10-7-19-26-20(27-29-19)16-5-4-6-17(22)13-16/h4-6,13,15,18H,7-12,14H2,1-3H3,(H2,23,24,25). The van der Waals surface area contributed by atoms with Crippen LogP contribution in [0.15, 0.2) is 33.8 Å². The van der Waals surface area contributed by atoms with E-state index in [4.69, 9.17) is 16.1 Å². The molecule has 1 fully saturated rings. The van der Waals surface area contributed by atoms with Crippen LogP contribution < -0.4 is 10.6 Å². The second-order valence-electron chi connectivity index (χ2n) is 7.88. The van der Waals surface area contributed by atoms with E-state index < -0.39 is 0 Å². The predicted molar refractivity (Wildman–Crippen MR) is 117 cm³/mol. The number of likely N-dealkylation sites (tertiary alicyclic amines) is 1. The van der Waals surface area contributed by atoms with Crippen molar-refractivity contribution in [3.05, 3.63) is 35.2 Å². The highest BCUT2D eigenvalue weighted by atomic mass is 35.5. The van der Waals surface area contributed by atoms with E-state index in [1.807, 2.05) is 24.3 Å². The second-order valence-corrected chi connectivity index (χ2v) is 8.32. The summed E-state index contributed by atoms with van der Waals surface area (Å²) in [4.78, 5) is 11.3. The Balaban J connectivity index is 1.42. The summed E-state index contributed by atoms with van der Waals surface area (Å²) in [6, 6.07) is 7.90. The largest absolute Gasteiger partial charge is 0.356 e. The molecule has 0 atom stereocenters. The van der Waals surface area contributed by atoms with Crippen LogP contribution in [0, 0.1) is 5.92 Å². The average Bonchev–Trinajstić information content (AvgIpc) is 3.17. The molecule has 8 heteroatoms. The Bertz CT molecular complexity index is 798. The molecule has 2 heterocycles. The van der Waals surface area contributed by atoms with Crippen molar-refractivity contribution < 1.29 is 4.52 Å². The number of rotatable bonds is 7. The molecule has 3 rings (SSSR count). The van der Waals surface area contributed by atoms with Crippen molar-refractivity contribution >= 4 is 17.6 Å². The third-order valence-electron chi connectivity index (χ3n) is 4.96. The average molecular weight is 419 g/mol. The molecule has 2 aromatic rings. The summed E-state index contributed by atoms with van der Waals surface area (Å²) in [6.45, 7) is 8.68. The van der Waals surface area contributed by atoms with E-state index in [-0.39, 0.29) is 0 Å². The lowest BCUT2D eigenvalue weighted by Gasteiger charge is -2.33. The zero-order valence-electron chi connectivity index (χ0n) is 17.5. The van der Waals surface area contributed by atoms with Crippen LogP contribution in [0.3, 0.4) is 0 Å². The topological polar surface area (TPSA) is 78.6 Å². The van der Waals surface area contributed by atoms with Crippen LogP contribution in [0.25, 0.3) is 11.4 Å². The number of halogens is 1. The van der Waals surface area contributed by atoms with Crippen molar-refractivity contribution in [2.24, 2.45) is 10.9 Å². The monoisotopic (exact) mass is 418 g/mol. The van der Waals surface area contributed by atoms with Crippen molar-refractivity contribution in [3.8, 4) is 11.4 Å². The summed E-state index contributed by atoms with van der Waals surface area (Å²) in [5, 5.41) is 11.6. The molecule has 0 amide bonds. The fourth-order valence-corrected chi connectivity index (χ4v) is 3.74. The summed E-state index contributed by atoms with van der Waals surface area (Å²) in [7, 11) is 1.80. The normalized spacial score (nSPS) is 16.4. The number of aromatic nitrogens is 2. The highest BCUT2D eigenvalue weighted by molar-refractivity contribution is 6.30. The predicted octanol–water partition coefficient (Wildman–Crippen LogP) is 3.22. The molecule has 0 radical (unpaired) electrons. The van der Waals surface area contributed by atoms with E-state index in [2.05, 4.69) is 44.5 Å². The number of nitrogens with zero attached hydrogens (tertiary/aromatic N) is 4. The highest BCUT2D eigenvalue weighted by Crippen LogP contribution is 2.20. The van der Waals surface area contributed by atoms with Crippen molar-refractivity contribution in [1.82, 2.24) is 25.7 Å². The first-order valence-electron chi connectivity index (χ1n) is 10.3. The van der Waals surface area contributed by atoms with Crippen molar-refractivity contribution in [1.29, 1.82) is 0 Å². The quantitative estimate of drug-likeness (QED) is 0.531. The third kappa shape index (κ3) is 6.72. The van der Waals surface area contributed by atoms with E-state index in [9.17, 15) is 0 Å². The van der Waals surface area contributed by atoms with Gasteiger partial charge in [-0.3, -0.25) is 4.99 Å². The van der Waals surface area contributed by atoms with Crippen LogP contribution in [0.5, 0.6) is 0 Å². The Kier molecular flexibility index (Phi) is 7.89. The number of piperidine rings is 1. The highest BCUT2D eigenvalue weighted by Gasteiger charge is 2.20. The Labute approximate surface area is 177 Å². The number of hydrogen-bond donors (Lipinski definition) is 2. The first-order chi connectivity index (χ1) is 14.0. The molecule has 0 spiro atoms. The van der Waals surface area contributed by atoms with Gasteiger partial charge in [-0.05, 0) is 30.9 Å². The Morgan fingerprint density at radius 2 is 2.14 bits per heavy atom. The lowest BCUT2D eigenvalue weighted by atomic mass is 10.0. The SMILES string of the molecule is CN=C(NCCc1nc(-c2cccc(Cl)c2)no1)NC1CCN(CC(C)C)CC1. The van der Waals surface area contributed by atoms with Gasteiger partial charge < -0.3 is 20.1 Å². The van der Waals surface area contributed by atoms with Crippen molar-refractivity contribution in [3.63, 3.8) is 0 Å². The summed E-state index contributed by atoms with van der Waals surface area (Å²) in [6.07, 6.45) is 2.90. The molecule has 1 aromatic heterocycles. The van der Waals surface area contributed by atoms with Gasteiger partial charge in [0.1, 0.15) is 0 Å². The first-order valence-corrected chi connectivity index (χ1v) is 10.7. The van der Waals surface area contributed by atoms with Crippen LogP contribution >= 0.6 is 11.6 Å². The van der Waals surface area contributed by atoms with E-state index in [0.717, 1.165) is 43.4 Å². The van der Waals surface area contributed by atoms with Gasteiger partial charge in [0.25, 0.3) is 0 Å². The number of benzene rings is 1. The molecule has 158 valence electrons. The van der Waals surface area contributed by atoms with Crippen molar-refractivity contribution in [2.45, 2.75) is 39.2 Å². The number of hydrogen-bond acceptors (Lipinski definition) is 5. The second kappa shape index (κ2) is 10.6. The van der Waals surface area contributed by atoms with Crippen LogP contribution in [0.1, 0.15) is 32.6 Å². The molecule has 1 aliphatic rings. The lowest BCUT2D eigenvalue weighted by molar-refractivity contribution is 0.187. The summed E-state index contributed by atoms with van der Waals surface area (Å²) in [5.41, 5.74) is 0.849. The summed E-state index contributed by atoms with van der Waals surface area (Å²) < 4.78 is 5.36. The van der Waals surface area contributed by atoms with Gasteiger partial charge >= 0.3 is 0 Å². The van der Waals surface area contributed by atoms with E-state index in [1.165, 1.54) is 6.54 Å². The maximum absolute atomic E-state index is 6.03. The summed E-state index contributed by atoms with van der Waals surface area (Å²) >= 11 is 6.03. The number of guanidine groups is 1. The van der Waals surface area contributed by atoms with Gasteiger partial charge in [0.05, 0.1) is 0 Å². The van der Waals surface area contributed by atoms with Gasteiger partial charge in [-0.25, -0.2) is 0 Å². The fourth-order valence-electron chi connectivity index (χ4n) is 3.55. The van der Waals surface area contributed by atoms with Crippen LogP contribution in [0.2, 0.25) is 5.02 Å². The van der Waals surface area contributed by atoms with Crippen LogP contribution in [-0.2, 0) is 6.42 Å². The third-order valence-corrected chi connectivity index (χ3v) is 5.19. The zero-order chi connectivity index (χ0) is 20.6. The molecule has 0 unspecified atom stereocenters. The molecule has 1 saturated heterocycles. The van der Waals surface area contributed by atoms with Gasteiger partial charge in [0.15, 0.2) is 5.96 Å². The fraction of sp³-hybridized carbons (Fsp3) is 0.571. The molecule has 1 aliphatic heterocycles. The van der Waals surface area contributed by atoms with E-state index in [0.29, 0.717) is 35.7 Å². The molecule has 0 saturated carbocycles. The minimum absolute atomic E-state index is 0.461. The Hall–Kier alpha value is -2.12. The van der Waals surface area contributed by atoms with Gasteiger partial charge in [-0.1, -0.05) is 42.7 Å². The van der Waals surface area contributed by atoms with Gasteiger partial charge in [0.2, 0.25) is 11.7 Å². The molecule has 0 bridgehead atoms. The molecule has 7 nitrogen and oxygen atoms in total. The molecule has 0 aliphatic carbocycles. The van der Waals surface area contributed by atoms with Crippen molar-refractivity contribution in [2.75, 3.05) is 33.2 Å². The van der Waals surface area contributed by atoms with Crippen LogP contribution in [-0.4, -0.2) is 60.3 Å². The maximum Gasteiger partial charge on any atom is 0.228 e.